The van der Waals surface area contributed by atoms with Gasteiger partial charge in [-0.1, -0.05) is 92.2 Å². The summed E-state index contributed by atoms with van der Waals surface area (Å²) in [6.07, 6.45) is 21.2. The van der Waals surface area contributed by atoms with Crippen molar-refractivity contribution < 1.29 is 90.0 Å². The van der Waals surface area contributed by atoms with Gasteiger partial charge in [-0.25, -0.2) is 0 Å². The summed E-state index contributed by atoms with van der Waals surface area (Å²) in [6, 6.07) is 8.97. The van der Waals surface area contributed by atoms with Gasteiger partial charge in [0.15, 0.2) is 0 Å². The second-order valence-corrected chi connectivity index (χ2v) is 22.1. The second-order valence-electron chi connectivity index (χ2n) is 22.1. The Morgan fingerprint density at radius 1 is 0.176 bits per heavy atom. The highest BCUT2D eigenvalue weighted by molar-refractivity contribution is 5.47. The second kappa shape index (κ2) is 67.3. The van der Waals surface area contributed by atoms with Gasteiger partial charge in [0, 0.05) is 0 Å². The van der Waals surface area contributed by atoms with Gasteiger partial charge in [0.2, 0.25) is 0 Å². The van der Waals surface area contributed by atoms with Gasteiger partial charge in [0.1, 0.15) is 24.7 Å². The Hall–Kier alpha value is -2.64. The van der Waals surface area contributed by atoms with Crippen LogP contribution in [0.2, 0.25) is 0 Å². The lowest BCUT2D eigenvalue weighted by Gasteiger charge is -2.19. The normalized spacial score (nSPS) is 11.7. The molecule has 2 aromatic carbocycles. The van der Waals surface area contributed by atoms with Gasteiger partial charge in [0.05, 0.1) is 225 Å². The minimum absolute atomic E-state index is 0.493. The van der Waals surface area contributed by atoms with Crippen molar-refractivity contribution in [2.24, 2.45) is 0 Å². The molecule has 19 heteroatoms. The topological polar surface area (TPSA) is 175 Å². The molecule has 2 rings (SSSR count). The van der Waals surface area contributed by atoms with E-state index in [1.807, 2.05) is 0 Å². The van der Waals surface area contributed by atoms with Crippen molar-refractivity contribution in [3.63, 3.8) is 0 Å². The molecule has 0 heterocycles. The van der Waals surface area contributed by atoms with Crippen molar-refractivity contribution in [2.45, 2.75) is 157 Å². The predicted molar refractivity (Wildman–Crippen MR) is 359 cm³/mol. The number of benzene rings is 2. The molecule has 0 N–H and O–H groups in total. The molecule has 0 atom stereocenters. The third-order valence-electron chi connectivity index (χ3n) is 14.6. The third-order valence-corrected chi connectivity index (χ3v) is 14.6. The van der Waals surface area contributed by atoms with Crippen molar-refractivity contribution in [1.82, 2.24) is 0 Å². The highest BCUT2D eigenvalue weighted by atomic mass is 16.6. The lowest BCUT2D eigenvalue weighted by atomic mass is 9.90. The van der Waals surface area contributed by atoms with E-state index in [1.54, 1.807) is 0 Å². The van der Waals surface area contributed by atoms with Crippen LogP contribution in [0.3, 0.4) is 0 Å². The number of ether oxygens (including phenoxy) is 19. The van der Waals surface area contributed by atoms with Crippen LogP contribution in [0.15, 0.2) is 24.3 Å². The summed E-state index contributed by atoms with van der Waals surface area (Å²) in [7, 11) is 0. The quantitative estimate of drug-likeness (QED) is 0.0571. The zero-order valence-electron chi connectivity index (χ0n) is 58.2. The van der Waals surface area contributed by atoms with E-state index >= 15 is 0 Å². The van der Waals surface area contributed by atoms with Gasteiger partial charge in [-0.05, 0) is 123 Å². The monoisotopic (exact) mass is 1300 g/mol. The first-order valence-electron chi connectivity index (χ1n) is 35.5. The maximum atomic E-state index is 6.28. The van der Waals surface area contributed by atoms with Gasteiger partial charge >= 0.3 is 0 Å². The van der Waals surface area contributed by atoms with E-state index in [2.05, 4.69) is 65.8 Å². The minimum atomic E-state index is 0.493. The van der Waals surface area contributed by atoms with Crippen LogP contribution in [0, 0.1) is 0 Å². The summed E-state index contributed by atoms with van der Waals surface area (Å²) in [5.41, 5.74) is 8.91. The molecular weight excluding hydrogens is 1170 g/mol. The zero-order valence-corrected chi connectivity index (χ0v) is 58.2. The smallest absolute Gasteiger partial charge is 0.122 e. The standard InChI is InChI=1S/C72H130O19/c1-7-13-19-65-25-27-71(69(23-17-11-5)67(65)21-15-9-3)90-63-61-88-59-57-86-55-53-84-51-49-82-47-45-80-43-41-78-39-37-76-35-33-74-31-29-73-30-32-75-34-36-77-38-40-79-42-44-81-46-48-83-50-52-85-54-56-87-58-60-89-62-64-91-72-28-26-66(20-14-8-2)68(22-16-10-4)70(72)24-18-12-6/h25-28H,7-24,29-64H2,1-6H3. The Balaban J connectivity index is 1.20. The first kappa shape index (κ1) is 84.4. The zero-order chi connectivity index (χ0) is 65.1. The minimum Gasteiger partial charge on any atom is -0.491 e. The predicted octanol–water partition coefficient (Wildman–Crippen LogP) is 11.5. The molecule has 2 aromatic rings. The van der Waals surface area contributed by atoms with Gasteiger partial charge in [-0.2, -0.15) is 0 Å². The van der Waals surface area contributed by atoms with E-state index in [0.717, 1.165) is 50.0 Å². The van der Waals surface area contributed by atoms with E-state index in [0.29, 0.717) is 238 Å². The fraction of sp³-hybridized carbons (Fsp3) is 0.833. The maximum Gasteiger partial charge on any atom is 0.122 e. The van der Waals surface area contributed by atoms with E-state index in [1.165, 1.54) is 110 Å². The van der Waals surface area contributed by atoms with E-state index in [4.69, 9.17) is 90.0 Å². The van der Waals surface area contributed by atoms with Gasteiger partial charge in [0.25, 0.3) is 0 Å². The molecule has 0 saturated carbocycles. The summed E-state index contributed by atoms with van der Waals surface area (Å²) in [5.74, 6) is 2.06. The first-order chi connectivity index (χ1) is 45.1. The molecule has 0 saturated heterocycles. The Bertz CT molecular complexity index is 1700. The molecule has 19 nitrogen and oxygen atoms in total. The summed E-state index contributed by atoms with van der Waals surface area (Å²) in [4.78, 5) is 0. The number of rotatable bonds is 74. The van der Waals surface area contributed by atoms with Crippen LogP contribution >= 0.6 is 0 Å². The largest absolute Gasteiger partial charge is 0.491 e. The number of aryl methyl sites for hydroxylation is 2. The molecule has 532 valence electrons. The molecule has 0 unspecified atom stereocenters. The molecular formula is C72H130O19. The van der Waals surface area contributed by atoms with Crippen LogP contribution < -0.4 is 9.47 Å². The lowest BCUT2D eigenvalue weighted by Crippen LogP contribution is -2.16. The van der Waals surface area contributed by atoms with Crippen LogP contribution in [0.5, 0.6) is 11.5 Å². The third kappa shape index (κ3) is 49.5. The average molecular weight is 1300 g/mol. The van der Waals surface area contributed by atoms with E-state index < -0.39 is 0 Å². The molecule has 0 aliphatic rings. The average Bonchev–Trinajstić information content (AvgIpc) is 1.27. The maximum absolute atomic E-state index is 6.28. The van der Waals surface area contributed by atoms with Crippen LogP contribution in [-0.4, -0.2) is 238 Å². The van der Waals surface area contributed by atoms with Crippen LogP contribution in [0.4, 0.5) is 0 Å². The van der Waals surface area contributed by atoms with Crippen molar-refractivity contribution >= 4 is 0 Å². The van der Waals surface area contributed by atoms with Gasteiger partial charge in [-0.3, -0.25) is 0 Å². The van der Waals surface area contributed by atoms with Gasteiger partial charge < -0.3 is 90.0 Å². The van der Waals surface area contributed by atoms with Crippen molar-refractivity contribution in [3.8, 4) is 11.5 Å². The molecule has 0 aliphatic heterocycles. The Kier molecular flexibility index (Phi) is 62.5. The lowest BCUT2D eigenvalue weighted by molar-refractivity contribution is -0.0308. The molecule has 0 aliphatic carbocycles. The molecule has 0 radical (unpaired) electrons. The molecule has 0 amide bonds. The highest BCUT2D eigenvalue weighted by Gasteiger charge is 2.16. The van der Waals surface area contributed by atoms with Crippen molar-refractivity contribution in [3.05, 3.63) is 57.6 Å². The fourth-order valence-electron chi connectivity index (χ4n) is 9.54. The number of hydrogen-bond acceptors (Lipinski definition) is 19. The Labute approximate surface area is 552 Å². The molecule has 91 heavy (non-hydrogen) atoms. The Morgan fingerprint density at radius 2 is 0.330 bits per heavy atom. The van der Waals surface area contributed by atoms with E-state index in [9.17, 15) is 0 Å². The molecule has 0 fully saturated rings. The van der Waals surface area contributed by atoms with Crippen molar-refractivity contribution in [1.29, 1.82) is 0 Å². The fourth-order valence-corrected chi connectivity index (χ4v) is 9.54. The Morgan fingerprint density at radius 3 is 0.505 bits per heavy atom. The first-order valence-corrected chi connectivity index (χ1v) is 35.5. The van der Waals surface area contributed by atoms with Gasteiger partial charge in [-0.15, -0.1) is 0 Å². The van der Waals surface area contributed by atoms with E-state index in [-0.39, 0.29) is 0 Å². The van der Waals surface area contributed by atoms with Crippen LogP contribution in [-0.2, 0) is 119 Å². The molecule has 0 bridgehead atoms. The SMILES string of the molecule is CCCCc1ccc(OCCOCCOCCOCCOCCOCCOCCOCCOCCOCCOCCOCCOCCOCCOCCOCCOCCOCCOc2ccc(CCCC)c(CCCC)c2CCCC)c(CCCC)c1CCCC. The highest BCUT2D eigenvalue weighted by Crippen LogP contribution is 2.32. The number of unbranched alkanes of at least 4 members (excludes halogenated alkanes) is 6. The summed E-state index contributed by atoms with van der Waals surface area (Å²) in [5, 5.41) is 0. The van der Waals surface area contributed by atoms with Crippen molar-refractivity contribution in [2.75, 3.05) is 238 Å². The van der Waals surface area contributed by atoms with Crippen LogP contribution in [0.25, 0.3) is 0 Å². The summed E-state index contributed by atoms with van der Waals surface area (Å²) < 4.78 is 108. The van der Waals surface area contributed by atoms with Crippen LogP contribution in [0.1, 0.15) is 152 Å². The summed E-state index contributed by atoms with van der Waals surface area (Å²) >= 11 is 0. The number of hydrogen-bond donors (Lipinski definition) is 0. The molecule has 0 aromatic heterocycles. The summed E-state index contributed by atoms with van der Waals surface area (Å²) in [6.45, 7) is 31.8. The molecule has 0 spiro atoms.